The number of nitrogens with one attached hydrogen (secondary N) is 1. The summed E-state index contributed by atoms with van der Waals surface area (Å²) in [6.45, 7) is 9.88. The highest BCUT2D eigenvalue weighted by Gasteiger charge is 2.22. The lowest BCUT2D eigenvalue weighted by Gasteiger charge is -2.38. The average molecular weight is 334 g/mol. The van der Waals surface area contributed by atoms with Gasteiger partial charge in [-0.3, -0.25) is 9.80 Å². The van der Waals surface area contributed by atoms with Crippen LogP contribution in [0.4, 0.5) is 0 Å². The molecule has 1 atom stereocenters. The molecule has 25 heavy (non-hydrogen) atoms. The number of fused-ring (bicyclic) bond motifs is 1. The maximum atomic E-state index is 4.50. The van der Waals surface area contributed by atoms with Crippen molar-refractivity contribution in [1.29, 1.82) is 0 Å². The molecule has 4 nitrogen and oxygen atoms in total. The van der Waals surface area contributed by atoms with Crippen LogP contribution in [-0.2, 0) is 6.54 Å². The summed E-state index contributed by atoms with van der Waals surface area (Å²) in [5.41, 5.74) is 4.97. The summed E-state index contributed by atoms with van der Waals surface area (Å²) >= 11 is 0. The number of hydrogen-bond donors (Lipinski definition) is 1. The Morgan fingerprint density at radius 3 is 2.56 bits per heavy atom. The van der Waals surface area contributed by atoms with Crippen molar-refractivity contribution in [3.8, 4) is 0 Å². The van der Waals surface area contributed by atoms with Gasteiger partial charge in [0.1, 0.15) is 5.82 Å². The number of H-pyrrole nitrogens is 1. The van der Waals surface area contributed by atoms with E-state index in [1.807, 2.05) is 6.92 Å². The lowest BCUT2D eigenvalue weighted by Crippen LogP contribution is -2.46. The van der Waals surface area contributed by atoms with Gasteiger partial charge in [-0.1, -0.05) is 36.4 Å². The van der Waals surface area contributed by atoms with Crippen LogP contribution in [0.3, 0.4) is 0 Å². The zero-order valence-corrected chi connectivity index (χ0v) is 15.1. The third kappa shape index (κ3) is 3.60. The Balaban J connectivity index is 1.39. The van der Waals surface area contributed by atoms with Crippen LogP contribution in [0.5, 0.6) is 0 Å². The van der Waals surface area contributed by atoms with E-state index < -0.39 is 0 Å². The molecule has 0 radical (unpaired) electrons. The third-order valence-electron chi connectivity index (χ3n) is 5.31. The van der Waals surface area contributed by atoms with E-state index in [4.69, 9.17) is 0 Å². The number of hydrogen-bond acceptors (Lipinski definition) is 3. The Bertz CT molecular complexity index is 831. The van der Waals surface area contributed by atoms with Gasteiger partial charge < -0.3 is 4.98 Å². The second kappa shape index (κ2) is 6.98. The molecule has 2 heterocycles. The first-order valence-corrected chi connectivity index (χ1v) is 9.15. The van der Waals surface area contributed by atoms with Crippen LogP contribution in [0, 0.1) is 6.92 Å². The molecule has 2 aromatic carbocycles. The Morgan fingerprint density at radius 2 is 1.80 bits per heavy atom. The number of aromatic nitrogens is 2. The van der Waals surface area contributed by atoms with E-state index in [0.717, 1.165) is 49.6 Å². The van der Waals surface area contributed by atoms with E-state index in [-0.39, 0.29) is 0 Å². The van der Waals surface area contributed by atoms with Crippen LogP contribution in [-0.4, -0.2) is 45.9 Å². The van der Waals surface area contributed by atoms with Gasteiger partial charge in [-0.15, -0.1) is 0 Å². The van der Waals surface area contributed by atoms with Gasteiger partial charge in [0.25, 0.3) is 0 Å². The number of aryl methyl sites for hydroxylation is 1. The smallest absolute Gasteiger partial charge is 0.104 e. The van der Waals surface area contributed by atoms with Crippen molar-refractivity contribution in [3.05, 3.63) is 65.5 Å². The number of nitrogens with zero attached hydrogens (tertiary/aromatic N) is 3. The van der Waals surface area contributed by atoms with E-state index in [9.17, 15) is 0 Å². The molecule has 3 aromatic rings. The van der Waals surface area contributed by atoms with Gasteiger partial charge in [-0.25, -0.2) is 4.98 Å². The molecule has 0 saturated carbocycles. The van der Waals surface area contributed by atoms with Crippen molar-refractivity contribution < 1.29 is 0 Å². The molecule has 1 aliphatic rings. The van der Waals surface area contributed by atoms with Crippen LogP contribution in [0.2, 0.25) is 0 Å². The minimum Gasteiger partial charge on any atom is -0.342 e. The van der Waals surface area contributed by atoms with Crippen LogP contribution in [0.25, 0.3) is 11.0 Å². The van der Waals surface area contributed by atoms with Crippen molar-refractivity contribution in [2.24, 2.45) is 0 Å². The lowest BCUT2D eigenvalue weighted by molar-refractivity contribution is 0.0979. The normalized spacial score (nSPS) is 17.8. The lowest BCUT2D eigenvalue weighted by atomic mass is 10.1. The van der Waals surface area contributed by atoms with E-state index >= 15 is 0 Å². The van der Waals surface area contributed by atoms with E-state index in [1.165, 1.54) is 11.1 Å². The first kappa shape index (κ1) is 16.3. The van der Waals surface area contributed by atoms with Crippen molar-refractivity contribution in [2.75, 3.05) is 26.2 Å². The van der Waals surface area contributed by atoms with Gasteiger partial charge in [0.2, 0.25) is 0 Å². The van der Waals surface area contributed by atoms with Crippen LogP contribution < -0.4 is 0 Å². The minimum atomic E-state index is 0.437. The highest BCUT2D eigenvalue weighted by Crippen LogP contribution is 2.25. The van der Waals surface area contributed by atoms with Gasteiger partial charge in [0, 0.05) is 38.8 Å². The largest absolute Gasteiger partial charge is 0.342 e. The Hall–Kier alpha value is -2.17. The summed E-state index contributed by atoms with van der Waals surface area (Å²) in [5.74, 6) is 0.981. The molecule has 4 heteroatoms. The predicted octanol–water partition coefficient (Wildman–Crippen LogP) is 3.75. The van der Waals surface area contributed by atoms with Crippen LogP contribution in [0.1, 0.15) is 29.9 Å². The average Bonchev–Trinajstić information content (AvgIpc) is 3.02. The Morgan fingerprint density at radius 1 is 1.04 bits per heavy atom. The number of imidazole rings is 1. The Labute approximate surface area is 149 Å². The highest BCUT2D eigenvalue weighted by molar-refractivity contribution is 5.75. The number of benzene rings is 2. The zero-order chi connectivity index (χ0) is 17.2. The quantitative estimate of drug-likeness (QED) is 0.789. The highest BCUT2D eigenvalue weighted by atomic mass is 15.3. The number of aromatic amines is 1. The van der Waals surface area contributed by atoms with E-state index in [0.29, 0.717) is 6.04 Å². The first-order valence-electron chi connectivity index (χ1n) is 9.15. The molecule has 0 spiro atoms. The topological polar surface area (TPSA) is 35.2 Å². The van der Waals surface area contributed by atoms with Gasteiger partial charge >= 0.3 is 0 Å². The second-order valence-corrected chi connectivity index (χ2v) is 7.07. The van der Waals surface area contributed by atoms with E-state index in [2.05, 4.69) is 75.2 Å². The number of piperazine rings is 1. The fourth-order valence-electron chi connectivity index (χ4n) is 3.78. The summed E-state index contributed by atoms with van der Waals surface area (Å²) < 4.78 is 0. The van der Waals surface area contributed by atoms with Gasteiger partial charge in [0.05, 0.1) is 11.0 Å². The maximum absolute atomic E-state index is 4.50. The standard InChI is InChI=1S/C21H26N4/c1-16(19-8-9-20-21(14-19)23-17(2)22-20)25-12-10-24(11-13-25)15-18-6-4-3-5-7-18/h3-9,14,16H,10-13,15H2,1-2H3,(H,22,23). The molecule has 0 bridgehead atoms. The molecule has 1 saturated heterocycles. The number of rotatable bonds is 4. The fourth-order valence-corrected chi connectivity index (χ4v) is 3.78. The molecular formula is C21H26N4. The predicted molar refractivity (Wildman–Crippen MR) is 103 cm³/mol. The van der Waals surface area contributed by atoms with Crippen molar-refractivity contribution in [3.63, 3.8) is 0 Å². The summed E-state index contributed by atoms with van der Waals surface area (Å²) in [6, 6.07) is 17.8. The molecule has 4 rings (SSSR count). The van der Waals surface area contributed by atoms with E-state index in [1.54, 1.807) is 0 Å². The van der Waals surface area contributed by atoms with Crippen molar-refractivity contribution in [2.45, 2.75) is 26.4 Å². The third-order valence-corrected chi connectivity index (χ3v) is 5.31. The van der Waals surface area contributed by atoms with Crippen molar-refractivity contribution >= 4 is 11.0 Å². The molecular weight excluding hydrogens is 308 g/mol. The second-order valence-electron chi connectivity index (χ2n) is 7.07. The van der Waals surface area contributed by atoms with Gasteiger partial charge in [-0.2, -0.15) is 0 Å². The summed E-state index contributed by atoms with van der Waals surface area (Å²) in [7, 11) is 0. The van der Waals surface area contributed by atoms with Gasteiger partial charge in [-0.05, 0) is 37.1 Å². The minimum absolute atomic E-state index is 0.437. The summed E-state index contributed by atoms with van der Waals surface area (Å²) in [4.78, 5) is 13.0. The molecule has 0 aliphatic carbocycles. The molecule has 0 amide bonds. The monoisotopic (exact) mass is 334 g/mol. The zero-order valence-electron chi connectivity index (χ0n) is 15.1. The molecule has 1 fully saturated rings. The molecule has 1 aromatic heterocycles. The maximum Gasteiger partial charge on any atom is 0.104 e. The fraction of sp³-hybridized carbons (Fsp3) is 0.381. The molecule has 1 aliphatic heterocycles. The summed E-state index contributed by atoms with van der Waals surface area (Å²) in [5, 5.41) is 0. The van der Waals surface area contributed by atoms with Gasteiger partial charge in [0.15, 0.2) is 0 Å². The van der Waals surface area contributed by atoms with Crippen molar-refractivity contribution in [1.82, 2.24) is 19.8 Å². The Kier molecular flexibility index (Phi) is 4.55. The molecule has 1 N–H and O–H groups in total. The SMILES string of the molecule is Cc1nc2ccc(C(C)N3CCN(Cc4ccccc4)CC3)cc2[nH]1. The van der Waals surface area contributed by atoms with Crippen LogP contribution in [0.15, 0.2) is 48.5 Å². The molecule has 130 valence electrons. The van der Waals surface area contributed by atoms with Crippen LogP contribution >= 0.6 is 0 Å². The summed E-state index contributed by atoms with van der Waals surface area (Å²) in [6.07, 6.45) is 0. The first-order chi connectivity index (χ1) is 12.2. The molecule has 1 unspecified atom stereocenters.